The van der Waals surface area contributed by atoms with Crippen molar-refractivity contribution in [2.24, 2.45) is 4.99 Å². The molecule has 0 saturated carbocycles. The molecule has 0 radical (unpaired) electrons. The Hall–Kier alpha value is -4.33. The Morgan fingerprint density at radius 1 is 0.969 bits per heavy atom. The zero-order valence-corrected chi connectivity index (χ0v) is 17.0. The summed E-state index contributed by atoms with van der Waals surface area (Å²) in [5.74, 6) is 0.567. The van der Waals surface area contributed by atoms with Crippen molar-refractivity contribution in [3.05, 3.63) is 96.3 Å². The molecule has 158 valence electrons. The number of anilines is 4. The monoisotopic (exact) mass is 425 g/mol. The molecule has 2 aromatic carbocycles. The summed E-state index contributed by atoms with van der Waals surface area (Å²) >= 11 is 0. The number of aliphatic imine (C=N–C) groups is 1. The normalized spacial score (nSPS) is 15.2. The van der Waals surface area contributed by atoms with Crippen LogP contribution in [0.5, 0.6) is 0 Å². The van der Waals surface area contributed by atoms with Crippen LogP contribution >= 0.6 is 0 Å². The highest BCUT2D eigenvalue weighted by atomic mass is 19.1. The Morgan fingerprint density at radius 3 is 2.59 bits per heavy atom. The van der Waals surface area contributed by atoms with Gasteiger partial charge >= 0.3 is 0 Å². The zero-order valence-electron chi connectivity index (χ0n) is 17.0. The van der Waals surface area contributed by atoms with Crippen LogP contribution in [-0.4, -0.2) is 20.7 Å². The van der Waals surface area contributed by atoms with Crippen LogP contribution in [0.25, 0.3) is 0 Å². The first-order chi connectivity index (χ1) is 15.7. The SMILES string of the molecule is Nc1ncnc2c1N=C(c1cccc(Nc3ccncc3)c1)CC(c1ccc(F)cc1)N2. The molecule has 1 unspecified atom stereocenters. The third-order valence-corrected chi connectivity index (χ3v) is 5.24. The third-order valence-electron chi connectivity index (χ3n) is 5.24. The van der Waals surface area contributed by atoms with Gasteiger partial charge in [-0.15, -0.1) is 0 Å². The van der Waals surface area contributed by atoms with Gasteiger partial charge in [0.1, 0.15) is 17.8 Å². The van der Waals surface area contributed by atoms with E-state index in [4.69, 9.17) is 10.7 Å². The number of nitrogen functional groups attached to an aromatic ring is 1. The molecule has 5 rings (SSSR count). The molecule has 7 nitrogen and oxygen atoms in total. The summed E-state index contributed by atoms with van der Waals surface area (Å²) in [6, 6.07) is 18.1. The molecular formula is C24H20FN7. The van der Waals surface area contributed by atoms with E-state index in [1.165, 1.54) is 18.5 Å². The van der Waals surface area contributed by atoms with E-state index < -0.39 is 0 Å². The third kappa shape index (κ3) is 4.11. The predicted molar refractivity (Wildman–Crippen MR) is 124 cm³/mol. The van der Waals surface area contributed by atoms with Crippen LogP contribution in [-0.2, 0) is 0 Å². The van der Waals surface area contributed by atoms with E-state index in [0.29, 0.717) is 23.7 Å². The number of aromatic nitrogens is 3. The number of pyridine rings is 1. The second-order valence-electron chi connectivity index (χ2n) is 7.41. The van der Waals surface area contributed by atoms with Crippen LogP contribution in [0.15, 0.2) is 84.4 Å². The lowest BCUT2D eigenvalue weighted by molar-refractivity contribution is 0.626. The largest absolute Gasteiger partial charge is 0.382 e. The van der Waals surface area contributed by atoms with Crippen molar-refractivity contribution >= 4 is 34.4 Å². The molecule has 4 N–H and O–H groups in total. The van der Waals surface area contributed by atoms with Crippen LogP contribution in [0.3, 0.4) is 0 Å². The maximum absolute atomic E-state index is 13.5. The van der Waals surface area contributed by atoms with E-state index in [2.05, 4.69) is 25.6 Å². The van der Waals surface area contributed by atoms with Crippen LogP contribution in [0.1, 0.15) is 23.6 Å². The van der Waals surface area contributed by atoms with Gasteiger partial charge in [-0.25, -0.2) is 19.4 Å². The highest BCUT2D eigenvalue weighted by molar-refractivity contribution is 6.05. The fourth-order valence-electron chi connectivity index (χ4n) is 3.66. The minimum Gasteiger partial charge on any atom is -0.382 e. The van der Waals surface area contributed by atoms with Crippen LogP contribution in [0.2, 0.25) is 0 Å². The lowest BCUT2D eigenvalue weighted by Gasteiger charge is -2.19. The summed E-state index contributed by atoms with van der Waals surface area (Å²) in [6.07, 6.45) is 5.43. The van der Waals surface area contributed by atoms with Gasteiger partial charge in [0, 0.05) is 30.2 Å². The van der Waals surface area contributed by atoms with Crippen molar-refractivity contribution in [3.63, 3.8) is 0 Å². The Kier molecular flexibility index (Phi) is 5.17. The average Bonchev–Trinajstić information content (AvgIpc) is 3.01. The van der Waals surface area contributed by atoms with E-state index in [1.54, 1.807) is 24.5 Å². The summed E-state index contributed by atoms with van der Waals surface area (Å²) in [7, 11) is 0. The van der Waals surface area contributed by atoms with Crippen molar-refractivity contribution in [2.75, 3.05) is 16.4 Å². The standard InChI is InChI=1S/C24H20FN7/c25-17-6-4-15(5-7-17)20-13-21(31-22-23(26)28-14-29-24(22)32-20)16-2-1-3-19(12-16)30-18-8-10-27-11-9-18/h1-12,14,20H,13H2,(H,27,30)(H3,26,28,29,32). The Morgan fingerprint density at radius 2 is 1.78 bits per heavy atom. The van der Waals surface area contributed by atoms with Gasteiger partial charge in [-0.1, -0.05) is 24.3 Å². The van der Waals surface area contributed by atoms with E-state index in [1.807, 2.05) is 36.4 Å². The molecule has 0 aliphatic carbocycles. The Balaban J connectivity index is 1.55. The molecule has 0 bridgehead atoms. The Bertz CT molecular complexity index is 1270. The molecule has 0 amide bonds. The molecule has 0 fully saturated rings. The molecule has 4 aromatic rings. The highest BCUT2D eigenvalue weighted by Gasteiger charge is 2.23. The van der Waals surface area contributed by atoms with Crippen LogP contribution in [0.4, 0.5) is 33.1 Å². The molecule has 8 heteroatoms. The van der Waals surface area contributed by atoms with Crippen molar-refractivity contribution in [1.82, 2.24) is 15.0 Å². The van der Waals surface area contributed by atoms with Gasteiger partial charge in [0.05, 0.1) is 11.8 Å². The molecule has 1 aliphatic heterocycles. The number of nitrogens with two attached hydrogens (primary N) is 1. The molecule has 32 heavy (non-hydrogen) atoms. The summed E-state index contributed by atoms with van der Waals surface area (Å²) in [4.78, 5) is 17.3. The first-order valence-corrected chi connectivity index (χ1v) is 10.1. The van der Waals surface area contributed by atoms with E-state index in [9.17, 15) is 4.39 Å². The molecule has 2 aromatic heterocycles. The number of nitrogens with one attached hydrogen (secondary N) is 2. The maximum Gasteiger partial charge on any atom is 0.158 e. The van der Waals surface area contributed by atoms with E-state index in [0.717, 1.165) is 28.2 Å². The maximum atomic E-state index is 13.5. The molecule has 3 heterocycles. The number of nitrogens with zero attached hydrogens (tertiary/aromatic N) is 4. The number of rotatable bonds is 4. The quantitative estimate of drug-likeness (QED) is 0.425. The minimum atomic E-state index is -0.280. The zero-order chi connectivity index (χ0) is 21.9. The number of hydrogen-bond acceptors (Lipinski definition) is 7. The van der Waals surface area contributed by atoms with Gasteiger partial charge in [0.2, 0.25) is 0 Å². The van der Waals surface area contributed by atoms with Gasteiger partial charge in [-0.3, -0.25) is 4.98 Å². The summed E-state index contributed by atoms with van der Waals surface area (Å²) in [5, 5.41) is 6.78. The van der Waals surface area contributed by atoms with Crippen molar-refractivity contribution in [3.8, 4) is 0 Å². The smallest absolute Gasteiger partial charge is 0.158 e. The second kappa shape index (κ2) is 8.43. The summed E-state index contributed by atoms with van der Waals surface area (Å²) in [5.41, 5.74) is 11.2. The summed E-state index contributed by atoms with van der Waals surface area (Å²) in [6.45, 7) is 0. The van der Waals surface area contributed by atoms with Crippen LogP contribution < -0.4 is 16.4 Å². The Labute approximate surface area is 184 Å². The number of hydrogen-bond donors (Lipinski definition) is 3. The topological polar surface area (TPSA) is 101 Å². The molecule has 1 aliphatic rings. The summed E-state index contributed by atoms with van der Waals surface area (Å²) < 4.78 is 13.5. The van der Waals surface area contributed by atoms with Gasteiger partial charge in [-0.2, -0.15) is 0 Å². The van der Waals surface area contributed by atoms with Gasteiger partial charge in [0.15, 0.2) is 11.6 Å². The minimum absolute atomic E-state index is 0.165. The first kappa shape index (κ1) is 19.6. The number of benzene rings is 2. The van der Waals surface area contributed by atoms with Gasteiger partial charge in [0.25, 0.3) is 0 Å². The predicted octanol–water partition coefficient (Wildman–Crippen LogP) is 5.01. The molecule has 0 spiro atoms. The number of fused-ring (bicyclic) bond motifs is 1. The van der Waals surface area contributed by atoms with E-state index >= 15 is 0 Å². The fourth-order valence-corrected chi connectivity index (χ4v) is 3.66. The van der Waals surface area contributed by atoms with Gasteiger partial charge in [-0.05, 0) is 47.5 Å². The van der Waals surface area contributed by atoms with Crippen molar-refractivity contribution in [1.29, 1.82) is 0 Å². The lowest BCUT2D eigenvalue weighted by Crippen LogP contribution is -2.15. The molecular weight excluding hydrogens is 405 g/mol. The second-order valence-corrected chi connectivity index (χ2v) is 7.41. The van der Waals surface area contributed by atoms with Crippen molar-refractivity contribution < 1.29 is 4.39 Å². The van der Waals surface area contributed by atoms with Crippen molar-refractivity contribution in [2.45, 2.75) is 12.5 Å². The van der Waals surface area contributed by atoms with Gasteiger partial charge < -0.3 is 16.4 Å². The molecule has 0 saturated heterocycles. The fraction of sp³-hybridized carbons (Fsp3) is 0.0833. The van der Waals surface area contributed by atoms with E-state index in [-0.39, 0.29) is 11.9 Å². The first-order valence-electron chi connectivity index (χ1n) is 10.1. The van der Waals surface area contributed by atoms with Crippen LogP contribution in [0, 0.1) is 5.82 Å². The highest BCUT2D eigenvalue weighted by Crippen LogP contribution is 2.37. The number of halogens is 1. The average molecular weight is 425 g/mol. The lowest BCUT2D eigenvalue weighted by atomic mass is 9.97. The molecule has 1 atom stereocenters.